The highest BCUT2D eigenvalue weighted by Crippen LogP contribution is 2.13. The van der Waals surface area contributed by atoms with Crippen LogP contribution in [0.15, 0.2) is 47.6 Å². The number of rotatable bonds is 5. The van der Waals surface area contributed by atoms with Crippen LogP contribution in [-0.2, 0) is 4.79 Å². The second kappa shape index (κ2) is 6.74. The summed E-state index contributed by atoms with van der Waals surface area (Å²) in [6, 6.07) is 10.7. The average Bonchev–Trinajstić information content (AvgIpc) is 2.48. The summed E-state index contributed by atoms with van der Waals surface area (Å²) >= 11 is 0. The second-order valence-electron chi connectivity index (χ2n) is 5.03. The zero-order chi connectivity index (χ0) is 15.2. The van der Waals surface area contributed by atoms with Gasteiger partial charge in [-0.15, -0.1) is 0 Å². The van der Waals surface area contributed by atoms with Gasteiger partial charge in [0.15, 0.2) is 0 Å². The van der Waals surface area contributed by atoms with Gasteiger partial charge in [0.25, 0.3) is 0 Å². The first-order valence-electron chi connectivity index (χ1n) is 6.79. The maximum absolute atomic E-state index is 11.3. The third-order valence-corrected chi connectivity index (χ3v) is 2.99. The van der Waals surface area contributed by atoms with Crippen molar-refractivity contribution in [3.8, 4) is 11.4 Å². The molecule has 0 saturated carbocycles. The smallest absolute Gasteiger partial charge is 0.242 e. The standard InChI is InChI=1S/C16H18N4O/c1-11(2)15(16(17)21)19-10-12-6-5-8-14(20-12)13-7-3-4-9-18-13/h3-11,15H,1-2H3,(H2,17,21). The van der Waals surface area contributed by atoms with Crippen molar-refractivity contribution in [2.45, 2.75) is 19.9 Å². The number of carbonyl (C=O) groups is 1. The summed E-state index contributed by atoms with van der Waals surface area (Å²) < 4.78 is 0. The monoisotopic (exact) mass is 282 g/mol. The molecule has 0 bridgehead atoms. The Hall–Kier alpha value is -2.56. The molecule has 108 valence electrons. The Labute approximate surface area is 124 Å². The van der Waals surface area contributed by atoms with E-state index in [1.807, 2.05) is 50.2 Å². The van der Waals surface area contributed by atoms with Crippen molar-refractivity contribution in [3.05, 3.63) is 48.3 Å². The van der Waals surface area contributed by atoms with Crippen LogP contribution >= 0.6 is 0 Å². The predicted molar refractivity (Wildman–Crippen MR) is 82.9 cm³/mol. The number of carbonyl (C=O) groups excluding carboxylic acids is 1. The molecule has 0 aliphatic carbocycles. The molecule has 2 aromatic rings. The van der Waals surface area contributed by atoms with Gasteiger partial charge >= 0.3 is 0 Å². The van der Waals surface area contributed by atoms with E-state index in [4.69, 9.17) is 5.73 Å². The molecule has 2 N–H and O–H groups in total. The third-order valence-electron chi connectivity index (χ3n) is 2.99. The van der Waals surface area contributed by atoms with E-state index in [2.05, 4.69) is 15.0 Å². The molecule has 2 aromatic heterocycles. The lowest BCUT2D eigenvalue weighted by atomic mass is 10.1. The van der Waals surface area contributed by atoms with Crippen LogP contribution in [0.1, 0.15) is 19.5 Å². The Morgan fingerprint density at radius 1 is 1.19 bits per heavy atom. The third kappa shape index (κ3) is 3.95. The first-order valence-corrected chi connectivity index (χ1v) is 6.79. The molecule has 0 aliphatic heterocycles. The summed E-state index contributed by atoms with van der Waals surface area (Å²) in [7, 11) is 0. The molecule has 1 atom stereocenters. The van der Waals surface area contributed by atoms with Crippen LogP contribution < -0.4 is 5.73 Å². The molecule has 2 rings (SSSR count). The molecule has 21 heavy (non-hydrogen) atoms. The van der Waals surface area contributed by atoms with Gasteiger partial charge in [-0.1, -0.05) is 26.0 Å². The van der Waals surface area contributed by atoms with Gasteiger partial charge in [-0.25, -0.2) is 4.98 Å². The molecule has 1 unspecified atom stereocenters. The minimum atomic E-state index is -0.537. The predicted octanol–water partition coefficient (Wildman–Crippen LogP) is 2.07. The Kier molecular flexibility index (Phi) is 4.77. The SMILES string of the molecule is CC(C)C(N=Cc1cccc(-c2ccccn2)n1)C(N)=O. The molecule has 0 saturated heterocycles. The second-order valence-corrected chi connectivity index (χ2v) is 5.03. The van der Waals surface area contributed by atoms with Gasteiger partial charge in [0, 0.05) is 12.4 Å². The average molecular weight is 282 g/mol. The van der Waals surface area contributed by atoms with Gasteiger partial charge in [0.1, 0.15) is 6.04 Å². The fourth-order valence-corrected chi connectivity index (χ4v) is 1.91. The van der Waals surface area contributed by atoms with Crippen LogP contribution in [0.3, 0.4) is 0 Å². The van der Waals surface area contributed by atoms with Crippen LogP contribution in [0.5, 0.6) is 0 Å². The lowest BCUT2D eigenvalue weighted by molar-refractivity contribution is -0.119. The van der Waals surface area contributed by atoms with E-state index in [0.29, 0.717) is 5.69 Å². The van der Waals surface area contributed by atoms with Crippen molar-refractivity contribution < 1.29 is 4.79 Å². The molecular formula is C16H18N4O. The normalized spacial score (nSPS) is 12.7. The molecule has 2 heterocycles. The molecule has 0 fully saturated rings. The molecule has 1 amide bonds. The highest BCUT2D eigenvalue weighted by atomic mass is 16.1. The van der Waals surface area contributed by atoms with Gasteiger partial charge in [0.2, 0.25) is 5.91 Å². The molecule has 0 spiro atoms. The molecular weight excluding hydrogens is 264 g/mol. The zero-order valence-corrected chi connectivity index (χ0v) is 12.1. The van der Waals surface area contributed by atoms with E-state index in [-0.39, 0.29) is 5.92 Å². The topological polar surface area (TPSA) is 81.2 Å². The first-order chi connectivity index (χ1) is 10.1. The van der Waals surface area contributed by atoms with Crippen LogP contribution in [-0.4, -0.2) is 28.1 Å². The Balaban J connectivity index is 2.24. The molecule has 0 radical (unpaired) electrons. The Bertz CT molecular complexity index is 638. The highest BCUT2D eigenvalue weighted by Gasteiger charge is 2.17. The lowest BCUT2D eigenvalue weighted by Gasteiger charge is -2.11. The molecule has 0 aliphatic rings. The maximum Gasteiger partial charge on any atom is 0.242 e. The van der Waals surface area contributed by atoms with Crippen molar-refractivity contribution in [1.82, 2.24) is 9.97 Å². The number of hydrogen-bond acceptors (Lipinski definition) is 4. The van der Waals surface area contributed by atoms with Gasteiger partial charge in [-0.3, -0.25) is 14.8 Å². The number of nitrogens with two attached hydrogens (primary N) is 1. The van der Waals surface area contributed by atoms with Gasteiger partial charge in [0.05, 0.1) is 17.1 Å². The summed E-state index contributed by atoms with van der Waals surface area (Å²) in [4.78, 5) is 24.3. The van der Waals surface area contributed by atoms with Gasteiger partial charge in [-0.2, -0.15) is 0 Å². The van der Waals surface area contributed by atoms with Gasteiger partial charge in [-0.05, 0) is 30.2 Å². The number of pyridine rings is 2. The highest BCUT2D eigenvalue weighted by molar-refractivity contribution is 5.85. The quantitative estimate of drug-likeness (QED) is 0.852. The van der Waals surface area contributed by atoms with Crippen molar-refractivity contribution in [2.24, 2.45) is 16.6 Å². The number of hydrogen-bond donors (Lipinski definition) is 1. The summed E-state index contributed by atoms with van der Waals surface area (Å²) in [6.45, 7) is 3.81. The Morgan fingerprint density at radius 2 is 1.95 bits per heavy atom. The van der Waals surface area contributed by atoms with E-state index < -0.39 is 11.9 Å². The van der Waals surface area contributed by atoms with Crippen LogP contribution in [0, 0.1) is 5.92 Å². The number of aliphatic imine (C=N–C) groups is 1. The minimum absolute atomic E-state index is 0.0534. The van der Waals surface area contributed by atoms with Crippen molar-refractivity contribution in [1.29, 1.82) is 0 Å². The van der Waals surface area contributed by atoms with Crippen molar-refractivity contribution in [3.63, 3.8) is 0 Å². The number of nitrogens with zero attached hydrogens (tertiary/aromatic N) is 3. The van der Waals surface area contributed by atoms with E-state index in [9.17, 15) is 4.79 Å². The summed E-state index contributed by atoms with van der Waals surface area (Å²) in [5.41, 5.74) is 7.57. The first kappa shape index (κ1) is 14.8. The molecule has 0 aromatic carbocycles. The fraction of sp³-hybridized carbons (Fsp3) is 0.250. The molecule has 5 nitrogen and oxygen atoms in total. The van der Waals surface area contributed by atoms with Crippen molar-refractivity contribution >= 4 is 12.1 Å². The minimum Gasteiger partial charge on any atom is -0.368 e. The van der Waals surface area contributed by atoms with E-state index >= 15 is 0 Å². The fourth-order valence-electron chi connectivity index (χ4n) is 1.91. The maximum atomic E-state index is 11.3. The summed E-state index contributed by atoms with van der Waals surface area (Å²) in [5.74, 6) is -0.375. The van der Waals surface area contributed by atoms with E-state index in [0.717, 1.165) is 11.4 Å². The zero-order valence-electron chi connectivity index (χ0n) is 12.1. The van der Waals surface area contributed by atoms with Crippen LogP contribution in [0.2, 0.25) is 0 Å². The Morgan fingerprint density at radius 3 is 2.57 bits per heavy atom. The summed E-state index contributed by atoms with van der Waals surface area (Å²) in [5, 5.41) is 0. The summed E-state index contributed by atoms with van der Waals surface area (Å²) in [6.07, 6.45) is 3.31. The number of amides is 1. The largest absolute Gasteiger partial charge is 0.368 e. The van der Waals surface area contributed by atoms with E-state index in [1.165, 1.54) is 0 Å². The van der Waals surface area contributed by atoms with E-state index in [1.54, 1.807) is 12.4 Å². The number of primary amides is 1. The lowest BCUT2D eigenvalue weighted by Crippen LogP contribution is -2.31. The van der Waals surface area contributed by atoms with Crippen LogP contribution in [0.4, 0.5) is 0 Å². The van der Waals surface area contributed by atoms with Crippen molar-refractivity contribution in [2.75, 3.05) is 0 Å². The van der Waals surface area contributed by atoms with Crippen LogP contribution in [0.25, 0.3) is 11.4 Å². The van der Waals surface area contributed by atoms with Gasteiger partial charge < -0.3 is 5.73 Å². The molecule has 5 heteroatoms. The number of aromatic nitrogens is 2.